The van der Waals surface area contributed by atoms with E-state index in [-0.39, 0.29) is 0 Å². The van der Waals surface area contributed by atoms with Gasteiger partial charge in [0.1, 0.15) is 0 Å². The number of rotatable bonds is 8. The molecule has 0 heterocycles. The summed E-state index contributed by atoms with van der Waals surface area (Å²) in [6.45, 7) is 6.12. The fourth-order valence-electron chi connectivity index (χ4n) is 1.85. The lowest BCUT2D eigenvalue weighted by Gasteiger charge is -2.16. The van der Waals surface area contributed by atoms with Gasteiger partial charge in [-0.3, -0.25) is 0 Å². The first-order chi connectivity index (χ1) is 8.83. The van der Waals surface area contributed by atoms with Crippen LogP contribution in [-0.2, 0) is 6.54 Å². The monoisotopic (exact) mass is 244 g/mol. The highest BCUT2D eigenvalue weighted by Gasteiger charge is 1.99. The van der Waals surface area contributed by atoms with Crippen molar-refractivity contribution in [2.24, 2.45) is 0 Å². The Balaban J connectivity index is 2.03. The van der Waals surface area contributed by atoms with E-state index >= 15 is 0 Å². The molecule has 2 nitrogen and oxygen atoms in total. The van der Waals surface area contributed by atoms with Crippen molar-refractivity contribution < 1.29 is 0 Å². The van der Waals surface area contributed by atoms with Gasteiger partial charge in [0, 0.05) is 19.5 Å². The van der Waals surface area contributed by atoms with Gasteiger partial charge in [0.25, 0.3) is 0 Å². The zero-order valence-corrected chi connectivity index (χ0v) is 11.6. The minimum absolute atomic E-state index is 0.955. The zero-order chi connectivity index (χ0) is 13.1. The topological polar surface area (TPSA) is 15.3 Å². The Labute approximate surface area is 111 Å². The minimum atomic E-state index is 0.955. The molecule has 0 unspecified atom stereocenters. The quantitative estimate of drug-likeness (QED) is 0.558. The van der Waals surface area contributed by atoms with Crippen LogP contribution in [0.25, 0.3) is 0 Å². The van der Waals surface area contributed by atoms with E-state index in [1.54, 1.807) is 0 Å². The van der Waals surface area contributed by atoms with Crippen LogP contribution in [0.15, 0.2) is 30.3 Å². The number of nitrogens with one attached hydrogen (secondary N) is 1. The van der Waals surface area contributed by atoms with Crippen molar-refractivity contribution in [3.8, 4) is 11.8 Å². The summed E-state index contributed by atoms with van der Waals surface area (Å²) < 4.78 is 0. The fourth-order valence-corrected chi connectivity index (χ4v) is 1.85. The smallest absolute Gasteiger partial charge is 0.0230 e. The van der Waals surface area contributed by atoms with Gasteiger partial charge in [0.2, 0.25) is 0 Å². The molecule has 0 aromatic heterocycles. The highest BCUT2D eigenvalue weighted by atomic mass is 15.1. The summed E-state index contributed by atoms with van der Waals surface area (Å²) in [5, 5.41) is 3.41. The van der Waals surface area contributed by atoms with E-state index < -0.39 is 0 Å². The van der Waals surface area contributed by atoms with Crippen LogP contribution >= 0.6 is 0 Å². The minimum Gasteiger partial charge on any atom is -0.316 e. The highest BCUT2D eigenvalue weighted by Crippen LogP contribution is 2.02. The van der Waals surface area contributed by atoms with E-state index in [4.69, 9.17) is 0 Å². The molecule has 98 valence electrons. The molecule has 0 fully saturated rings. The molecule has 2 heteroatoms. The van der Waals surface area contributed by atoms with Gasteiger partial charge >= 0.3 is 0 Å². The molecule has 0 aliphatic rings. The summed E-state index contributed by atoms with van der Waals surface area (Å²) in [5.41, 5.74) is 1.38. The third kappa shape index (κ3) is 7.11. The van der Waals surface area contributed by atoms with Crippen molar-refractivity contribution in [2.75, 3.05) is 26.7 Å². The van der Waals surface area contributed by atoms with Gasteiger partial charge < -0.3 is 10.2 Å². The van der Waals surface area contributed by atoms with Crippen molar-refractivity contribution in [1.29, 1.82) is 0 Å². The SMILES string of the molecule is CC#CCCNCCCN(C)Cc1ccccc1. The van der Waals surface area contributed by atoms with Crippen LogP contribution in [0.4, 0.5) is 0 Å². The Morgan fingerprint density at radius 1 is 1.17 bits per heavy atom. The van der Waals surface area contributed by atoms with E-state index in [1.807, 2.05) is 6.92 Å². The number of benzene rings is 1. The number of hydrogen-bond acceptors (Lipinski definition) is 2. The third-order valence-electron chi connectivity index (χ3n) is 2.79. The van der Waals surface area contributed by atoms with Crippen LogP contribution in [0.2, 0.25) is 0 Å². The van der Waals surface area contributed by atoms with Crippen LogP contribution < -0.4 is 5.32 Å². The summed E-state index contributed by atoms with van der Waals surface area (Å²) in [4.78, 5) is 2.36. The molecule has 0 bridgehead atoms. The third-order valence-corrected chi connectivity index (χ3v) is 2.79. The van der Waals surface area contributed by atoms with Crippen LogP contribution in [0, 0.1) is 11.8 Å². The van der Waals surface area contributed by atoms with E-state index in [9.17, 15) is 0 Å². The van der Waals surface area contributed by atoms with E-state index in [1.165, 1.54) is 12.0 Å². The fraction of sp³-hybridized carbons (Fsp3) is 0.500. The molecule has 0 amide bonds. The maximum absolute atomic E-state index is 3.41. The van der Waals surface area contributed by atoms with Crippen molar-refractivity contribution >= 4 is 0 Å². The molecule has 0 aliphatic carbocycles. The molecule has 1 rings (SSSR count). The lowest BCUT2D eigenvalue weighted by molar-refractivity contribution is 0.320. The zero-order valence-electron chi connectivity index (χ0n) is 11.6. The largest absolute Gasteiger partial charge is 0.316 e. The number of nitrogens with zero attached hydrogens (tertiary/aromatic N) is 1. The van der Waals surface area contributed by atoms with Crippen molar-refractivity contribution in [3.63, 3.8) is 0 Å². The van der Waals surface area contributed by atoms with Gasteiger partial charge in [-0.05, 0) is 39.0 Å². The van der Waals surface area contributed by atoms with E-state index in [2.05, 4.69) is 59.4 Å². The molecular formula is C16H24N2. The van der Waals surface area contributed by atoms with Crippen LogP contribution in [0.5, 0.6) is 0 Å². The second kappa shape index (κ2) is 9.70. The Morgan fingerprint density at radius 3 is 2.67 bits per heavy atom. The average Bonchev–Trinajstić information content (AvgIpc) is 2.39. The molecule has 0 aliphatic heterocycles. The van der Waals surface area contributed by atoms with Gasteiger partial charge in [-0.25, -0.2) is 0 Å². The molecule has 1 aromatic rings. The van der Waals surface area contributed by atoms with Gasteiger partial charge in [0.15, 0.2) is 0 Å². The van der Waals surface area contributed by atoms with E-state index in [0.717, 1.165) is 32.6 Å². The van der Waals surface area contributed by atoms with Crippen LogP contribution in [0.3, 0.4) is 0 Å². The lowest BCUT2D eigenvalue weighted by Crippen LogP contribution is -2.24. The lowest BCUT2D eigenvalue weighted by atomic mass is 10.2. The Morgan fingerprint density at radius 2 is 1.94 bits per heavy atom. The normalized spacial score (nSPS) is 10.2. The molecular weight excluding hydrogens is 220 g/mol. The average molecular weight is 244 g/mol. The first-order valence-corrected chi connectivity index (χ1v) is 6.65. The molecule has 0 saturated carbocycles. The Hall–Kier alpha value is -1.30. The van der Waals surface area contributed by atoms with Crippen molar-refractivity contribution in [3.05, 3.63) is 35.9 Å². The molecule has 0 atom stereocenters. The Bertz CT molecular complexity index is 362. The molecule has 1 aromatic carbocycles. The first-order valence-electron chi connectivity index (χ1n) is 6.65. The van der Waals surface area contributed by atoms with Gasteiger partial charge in [-0.15, -0.1) is 11.8 Å². The Kier molecular flexibility index (Phi) is 7.96. The summed E-state index contributed by atoms with van der Waals surface area (Å²) in [6.07, 6.45) is 2.14. The first kappa shape index (κ1) is 14.8. The van der Waals surface area contributed by atoms with Crippen LogP contribution in [-0.4, -0.2) is 31.6 Å². The maximum Gasteiger partial charge on any atom is 0.0230 e. The molecule has 18 heavy (non-hydrogen) atoms. The summed E-state index contributed by atoms with van der Waals surface area (Å²) in [7, 11) is 2.18. The van der Waals surface area contributed by atoms with Gasteiger partial charge in [-0.1, -0.05) is 30.3 Å². The standard InChI is InChI=1S/C16H24N2/c1-3-4-8-12-17-13-9-14-18(2)15-16-10-6-5-7-11-16/h5-7,10-11,17H,8-9,12-15H2,1-2H3. The van der Waals surface area contributed by atoms with Gasteiger partial charge in [0.05, 0.1) is 0 Å². The number of hydrogen-bond donors (Lipinski definition) is 1. The second-order valence-corrected chi connectivity index (χ2v) is 4.50. The van der Waals surface area contributed by atoms with E-state index in [0.29, 0.717) is 0 Å². The van der Waals surface area contributed by atoms with Gasteiger partial charge in [-0.2, -0.15) is 0 Å². The predicted molar refractivity (Wildman–Crippen MR) is 78.3 cm³/mol. The van der Waals surface area contributed by atoms with Crippen LogP contribution in [0.1, 0.15) is 25.3 Å². The summed E-state index contributed by atoms with van der Waals surface area (Å²) in [5.74, 6) is 5.96. The van der Waals surface area contributed by atoms with Crippen molar-refractivity contribution in [2.45, 2.75) is 26.3 Å². The predicted octanol–water partition coefficient (Wildman–Crippen LogP) is 2.51. The second-order valence-electron chi connectivity index (χ2n) is 4.50. The van der Waals surface area contributed by atoms with Crippen molar-refractivity contribution in [1.82, 2.24) is 10.2 Å². The highest BCUT2D eigenvalue weighted by molar-refractivity contribution is 5.14. The summed E-state index contributed by atoms with van der Waals surface area (Å²) >= 11 is 0. The molecule has 0 radical (unpaired) electrons. The molecule has 1 N–H and O–H groups in total. The molecule has 0 saturated heterocycles. The molecule has 0 spiro atoms. The maximum atomic E-state index is 3.41. The summed E-state index contributed by atoms with van der Waals surface area (Å²) in [6, 6.07) is 10.6.